The topological polar surface area (TPSA) is 96.1 Å². The Morgan fingerprint density at radius 1 is 1.56 bits per heavy atom. The summed E-state index contributed by atoms with van der Waals surface area (Å²) in [4.78, 5) is 7.64. The van der Waals surface area contributed by atoms with Gasteiger partial charge in [0.25, 0.3) is 6.43 Å². The lowest BCUT2D eigenvalue weighted by Gasteiger charge is -2.12. The minimum atomic E-state index is -2.81. The van der Waals surface area contributed by atoms with Gasteiger partial charge in [-0.05, 0) is 15.9 Å². The van der Waals surface area contributed by atoms with E-state index in [1.165, 1.54) is 6.20 Å². The van der Waals surface area contributed by atoms with Crippen LogP contribution in [0.1, 0.15) is 0 Å². The summed E-state index contributed by atoms with van der Waals surface area (Å²) in [5, 5.41) is 11.4. The van der Waals surface area contributed by atoms with Crippen molar-refractivity contribution < 1.29 is 13.9 Å². The first-order valence-corrected chi connectivity index (χ1v) is 5.03. The third-order valence-electron chi connectivity index (χ3n) is 1.64. The van der Waals surface area contributed by atoms with Crippen LogP contribution in [-0.2, 0) is 0 Å². The first-order valence-electron chi connectivity index (χ1n) is 4.24. The van der Waals surface area contributed by atoms with Gasteiger partial charge in [-0.2, -0.15) is 4.98 Å². The molecule has 1 aromatic rings. The van der Waals surface area contributed by atoms with Crippen LogP contribution in [0, 0.1) is 0 Å². The van der Waals surface area contributed by atoms with Crippen LogP contribution in [0.4, 0.5) is 20.5 Å². The summed E-state index contributed by atoms with van der Waals surface area (Å²) in [5.74, 6) is 5.49. The molecule has 9 heteroatoms. The van der Waals surface area contributed by atoms with Gasteiger partial charge in [0, 0.05) is 12.7 Å². The molecule has 0 fully saturated rings. The van der Waals surface area contributed by atoms with E-state index in [2.05, 4.69) is 36.6 Å². The number of hydrazine groups is 1. The number of nitrogens with zero attached hydrogens (tertiary/aromatic N) is 2. The second-order valence-electron chi connectivity index (χ2n) is 2.82. The zero-order valence-electron chi connectivity index (χ0n) is 7.99. The van der Waals surface area contributed by atoms with E-state index in [1.807, 2.05) is 0 Å². The van der Waals surface area contributed by atoms with Crippen molar-refractivity contribution >= 4 is 27.7 Å². The van der Waals surface area contributed by atoms with E-state index in [1.54, 1.807) is 0 Å². The normalized spacial score (nSPS) is 12.6. The van der Waals surface area contributed by atoms with Gasteiger partial charge in [-0.3, -0.25) is 5.43 Å². The quantitative estimate of drug-likeness (QED) is 0.469. The molecule has 0 saturated carbocycles. The van der Waals surface area contributed by atoms with Crippen molar-refractivity contribution in [1.82, 2.24) is 9.97 Å². The van der Waals surface area contributed by atoms with Crippen LogP contribution in [0.15, 0.2) is 10.7 Å². The van der Waals surface area contributed by atoms with Crippen molar-refractivity contribution in [2.75, 3.05) is 17.3 Å². The predicted octanol–water partition coefficient (Wildman–Crippen LogP) is 0.563. The summed E-state index contributed by atoms with van der Waals surface area (Å²) in [5.41, 5.74) is 2.21. The number of nitrogen functional groups attached to an aromatic ring is 1. The van der Waals surface area contributed by atoms with Crippen LogP contribution in [0.3, 0.4) is 0 Å². The molecule has 0 bridgehead atoms. The summed E-state index contributed by atoms with van der Waals surface area (Å²) in [6, 6.07) is 0. The van der Waals surface area contributed by atoms with Crippen molar-refractivity contribution in [3.8, 4) is 0 Å². The number of rotatable bonds is 5. The number of hydrogen-bond acceptors (Lipinski definition) is 6. The minimum absolute atomic E-state index is 0.136. The maximum atomic E-state index is 12.0. The summed E-state index contributed by atoms with van der Waals surface area (Å²) < 4.78 is 24.5. The Hall–Kier alpha value is -1.06. The molecular formula is C7H10BrF2N5O. The molecule has 16 heavy (non-hydrogen) atoms. The summed E-state index contributed by atoms with van der Waals surface area (Å²) in [7, 11) is 0. The van der Waals surface area contributed by atoms with Crippen molar-refractivity contribution in [1.29, 1.82) is 0 Å². The molecule has 0 aliphatic carbocycles. The highest BCUT2D eigenvalue weighted by molar-refractivity contribution is 9.10. The van der Waals surface area contributed by atoms with E-state index in [9.17, 15) is 8.78 Å². The van der Waals surface area contributed by atoms with Gasteiger partial charge in [0.2, 0.25) is 5.95 Å². The fourth-order valence-electron chi connectivity index (χ4n) is 0.851. The van der Waals surface area contributed by atoms with Crippen molar-refractivity contribution in [2.24, 2.45) is 5.84 Å². The van der Waals surface area contributed by atoms with Gasteiger partial charge >= 0.3 is 0 Å². The van der Waals surface area contributed by atoms with Crippen molar-refractivity contribution in [3.05, 3.63) is 10.7 Å². The lowest BCUT2D eigenvalue weighted by Crippen LogP contribution is -2.27. The van der Waals surface area contributed by atoms with E-state index in [-0.39, 0.29) is 18.3 Å². The maximum absolute atomic E-state index is 12.0. The highest BCUT2D eigenvalue weighted by atomic mass is 79.9. The van der Waals surface area contributed by atoms with E-state index in [0.29, 0.717) is 4.47 Å². The van der Waals surface area contributed by atoms with Crippen LogP contribution in [0.2, 0.25) is 0 Å². The van der Waals surface area contributed by atoms with Crippen LogP contribution in [0.25, 0.3) is 0 Å². The van der Waals surface area contributed by atoms with Gasteiger partial charge in [0.15, 0.2) is 0 Å². The molecule has 1 heterocycles. The smallest absolute Gasteiger partial charge is 0.265 e. The summed E-state index contributed by atoms with van der Waals surface area (Å²) in [6.07, 6.45) is -3.16. The second-order valence-corrected chi connectivity index (χ2v) is 3.67. The number of aliphatic hydroxyl groups is 1. The van der Waals surface area contributed by atoms with Crippen LogP contribution in [-0.4, -0.2) is 34.1 Å². The second kappa shape index (κ2) is 5.87. The Balaban J connectivity index is 2.65. The molecule has 1 rings (SSSR count). The molecule has 1 aromatic heterocycles. The number of alkyl halides is 2. The molecule has 0 aliphatic rings. The molecule has 0 aromatic carbocycles. The van der Waals surface area contributed by atoms with E-state index >= 15 is 0 Å². The first-order chi connectivity index (χ1) is 7.54. The van der Waals surface area contributed by atoms with Gasteiger partial charge in [-0.1, -0.05) is 0 Å². The monoisotopic (exact) mass is 297 g/mol. The van der Waals surface area contributed by atoms with E-state index in [4.69, 9.17) is 10.9 Å². The van der Waals surface area contributed by atoms with Crippen molar-refractivity contribution in [3.63, 3.8) is 0 Å². The highest BCUT2D eigenvalue weighted by Crippen LogP contribution is 2.19. The number of nitrogens with two attached hydrogens (primary N) is 1. The first kappa shape index (κ1) is 13.0. The molecule has 1 atom stereocenters. The zero-order valence-corrected chi connectivity index (χ0v) is 9.58. The molecule has 5 N–H and O–H groups in total. The molecule has 6 nitrogen and oxygen atoms in total. The number of aliphatic hydroxyl groups excluding tert-OH is 1. The Labute approximate surface area is 98.4 Å². The lowest BCUT2D eigenvalue weighted by molar-refractivity contribution is 0.00380. The largest absolute Gasteiger partial charge is 0.385 e. The number of anilines is 2. The van der Waals surface area contributed by atoms with Gasteiger partial charge in [-0.25, -0.2) is 19.6 Å². The predicted molar refractivity (Wildman–Crippen MR) is 58.0 cm³/mol. The average molecular weight is 298 g/mol. The Kier molecular flexibility index (Phi) is 4.77. The van der Waals surface area contributed by atoms with Gasteiger partial charge in [-0.15, -0.1) is 0 Å². The molecule has 90 valence electrons. The van der Waals surface area contributed by atoms with E-state index in [0.717, 1.165) is 0 Å². The molecule has 0 spiro atoms. The fourth-order valence-corrected chi connectivity index (χ4v) is 1.18. The molecule has 0 saturated heterocycles. The fraction of sp³-hybridized carbons (Fsp3) is 0.429. The molecule has 0 aliphatic heterocycles. The number of aromatic nitrogens is 2. The standard InChI is InChI=1S/C7H10BrF2N5O/c8-3-1-13-7(15-11)14-6(3)12-2-4(16)5(9)10/h1,4-5,16H,2,11H2,(H2,12,13,14,15). The minimum Gasteiger partial charge on any atom is -0.385 e. The zero-order chi connectivity index (χ0) is 12.1. The SMILES string of the molecule is NNc1ncc(Br)c(NCC(O)C(F)F)n1. The Morgan fingerprint density at radius 2 is 2.25 bits per heavy atom. The molecule has 1 unspecified atom stereocenters. The van der Waals surface area contributed by atoms with Crippen LogP contribution in [0.5, 0.6) is 0 Å². The van der Waals surface area contributed by atoms with Gasteiger partial charge < -0.3 is 10.4 Å². The molecular weight excluding hydrogens is 288 g/mol. The Bertz CT molecular complexity index is 354. The number of nitrogens with one attached hydrogen (secondary N) is 2. The summed E-state index contributed by atoms with van der Waals surface area (Å²) in [6.45, 7) is -0.322. The maximum Gasteiger partial charge on any atom is 0.265 e. The number of hydrogen-bond donors (Lipinski definition) is 4. The highest BCUT2D eigenvalue weighted by Gasteiger charge is 2.17. The van der Waals surface area contributed by atoms with E-state index < -0.39 is 12.5 Å². The van der Waals surface area contributed by atoms with Crippen LogP contribution >= 0.6 is 15.9 Å². The summed E-state index contributed by atoms with van der Waals surface area (Å²) >= 11 is 3.12. The molecule has 0 amide bonds. The van der Waals surface area contributed by atoms with Gasteiger partial charge in [0.1, 0.15) is 11.9 Å². The Morgan fingerprint density at radius 3 is 2.81 bits per heavy atom. The van der Waals surface area contributed by atoms with Crippen LogP contribution < -0.4 is 16.6 Å². The molecule has 0 radical (unpaired) electrons. The van der Waals surface area contributed by atoms with Gasteiger partial charge in [0.05, 0.1) is 4.47 Å². The third kappa shape index (κ3) is 3.51. The van der Waals surface area contributed by atoms with Crippen molar-refractivity contribution in [2.45, 2.75) is 12.5 Å². The lowest BCUT2D eigenvalue weighted by atomic mass is 10.3. The average Bonchev–Trinajstić information content (AvgIpc) is 2.27. The third-order valence-corrected chi connectivity index (χ3v) is 2.22. The number of halogens is 3.